The van der Waals surface area contributed by atoms with Gasteiger partial charge in [-0.1, -0.05) is 29.8 Å². The van der Waals surface area contributed by atoms with Crippen LogP contribution >= 0.6 is 11.6 Å². The molecule has 1 saturated heterocycles. The number of nitrogens with zero attached hydrogens (tertiary/aromatic N) is 3. The first-order chi connectivity index (χ1) is 18.1. The first kappa shape index (κ1) is 25.6. The summed E-state index contributed by atoms with van der Waals surface area (Å²) < 4.78 is 53.1. The highest BCUT2D eigenvalue weighted by Gasteiger charge is 2.39. The Balaban J connectivity index is 1.45. The minimum absolute atomic E-state index is 0.0369. The van der Waals surface area contributed by atoms with Gasteiger partial charge in [0.25, 0.3) is 5.56 Å². The van der Waals surface area contributed by atoms with Gasteiger partial charge in [-0.15, -0.1) is 0 Å². The summed E-state index contributed by atoms with van der Waals surface area (Å²) in [7, 11) is 0. The van der Waals surface area contributed by atoms with Gasteiger partial charge in [-0.2, -0.15) is 18.4 Å². The number of hydrogen-bond acceptors (Lipinski definition) is 7. The van der Waals surface area contributed by atoms with E-state index in [9.17, 15) is 22.8 Å². The number of aromatic nitrogens is 2. The number of hydrazine groups is 1. The quantitative estimate of drug-likeness (QED) is 0.502. The Labute approximate surface area is 218 Å². The van der Waals surface area contributed by atoms with E-state index in [0.717, 1.165) is 28.9 Å². The molecule has 3 aromatic rings. The Kier molecular flexibility index (Phi) is 6.73. The van der Waals surface area contributed by atoms with Gasteiger partial charge in [0, 0.05) is 29.6 Å². The van der Waals surface area contributed by atoms with Gasteiger partial charge in [0.2, 0.25) is 11.7 Å². The maximum atomic E-state index is 13.7. The molecule has 5 rings (SSSR count). The van der Waals surface area contributed by atoms with Crippen LogP contribution in [0.2, 0.25) is 5.02 Å². The van der Waals surface area contributed by atoms with Gasteiger partial charge in [0.05, 0.1) is 30.5 Å². The van der Waals surface area contributed by atoms with Crippen molar-refractivity contribution in [3.63, 3.8) is 0 Å². The monoisotopic (exact) mass is 545 g/mol. The number of carbonyl (C=O) groups is 1. The highest BCUT2D eigenvalue weighted by Crippen LogP contribution is 2.38. The fourth-order valence-corrected chi connectivity index (χ4v) is 4.77. The summed E-state index contributed by atoms with van der Waals surface area (Å²) in [5.74, 6) is -1.51. The third kappa shape index (κ3) is 5.03. The second kappa shape index (κ2) is 10.00. The number of benzene rings is 2. The van der Waals surface area contributed by atoms with Gasteiger partial charge in [-0.3, -0.25) is 19.6 Å². The lowest BCUT2D eigenvalue weighted by Gasteiger charge is -2.31. The van der Waals surface area contributed by atoms with Crippen molar-refractivity contribution in [2.24, 2.45) is 0 Å². The maximum absolute atomic E-state index is 13.7. The SMILES string of the molecule is N#Cc1cc(Cl)cc(Oc2c(C(F)(F)F)ncn(CC3CC(c4cccc5c4OCC5)C(=O)NN3)c2=O)c1. The van der Waals surface area contributed by atoms with Gasteiger partial charge in [0.15, 0.2) is 5.69 Å². The number of nitriles is 1. The standard InChI is InChI=1S/C25H19ClF3N5O4/c26-15-6-13(10-30)7-17(8-15)38-21-22(25(27,28)29)31-12-34(24(21)36)11-16-9-19(23(35)33-32-16)18-3-1-2-14-4-5-37-20(14)18/h1-3,6-8,12,16,19,32H,4-5,9,11H2,(H,33,35). The molecule has 13 heteroatoms. The summed E-state index contributed by atoms with van der Waals surface area (Å²) in [5, 5.41) is 9.17. The molecule has 9 nitrogen and oxygen atoms in total. The van der Waals surface area contributed by atoms with Crippen LogP contribution in [0.15, 0.2) is 47.5 Å². The van der Waals surface area contributed by atoms with E-state index >= 15 is 0 Å². The lowest BCUT2D eigenvalue weighted by atomic mass is 9.88. The van der Waals surface area contributed by atoms with Crippen LogP contribution in [0, 0.1) is 11.3 Å². The van der Waals surface area contributed by atoms with Gasteiger partial charge in [0.1, 0.15) is 11.5 Å². The van der Waals surface area contributed by atoms with E-state index in [1.54, 1.807) is 6.07 Å². The molecule has 196 valence electrons. The van der Waals surface area contributed by atoms with Crippen molar-refractivity contribution in [1.29, 1.82) is 5.26 Å². The third-order valence-corrected chi connectivity index (χ3v) is 6.48. The average Bonchev–Trinajstić information content (AvgIpc) is 3.36. The Morgan fingerprint density at radius 1 is 1.26 bits per heavy atom. The molecule has 2 unspecified atom stereocenters. The van der Waals surface area contributed by atoms with Crippen LogP contribution in [0.4, 0.5) is 13.2 Å². The Morgan fingerprint density at radius 2 is 2.08 bits per heavy atom. The molecule has 0 spiro atoms. The van der Waals surface area contributed by atoms with Crippen LogP contribution in [0.3, 0.4) is 0 Å². The largest absolute Gasteiger partial charge is 0.493 e. The van der Waals surface area contributed by atoms with Crippen molar-refractivity contribution in [2.75, 3.05) is 6.61 Å². The topological polar surface area (TPSA) is 118 Å². The van der Waals surface area contributed by atoms with E-state index in [2.05, 4.69) is 15.8 Å². The molecule has 0 aliphatic carbocycles. The predicted molar refractivity (Wildman–Crippen MR) is 128 cm³/mol. The second-order valence-electron chi connectivity index (χ2n) is 8.82. The molecule has 0 bridgehead atoms. The van der Waals surface area contributed by atoms with E-state index in [-0.39, 0.29) is 35.2 Å². The van der Waals surface area contributed by atoms with Crippen molar-refractivity contribution < 1.29 is 27.4 Å². The third-order valence-electron chi connectivity index (χ3n) is 6.26. The average molecular weight is 546 g/mol. The number of amides is 1. The summed E-state index contributed by atoms with van der Waals surface area (Å²) >= 11 is 5.93. The minimum Gasteiger partial charge on any atom is -0.493 e. The molecule has 1 aromatic heterocycles. The zero-order valence-electron chi connectivity index (χ0n) is 19.5. The molecule has 3 heterocycles. The predicted octanol–water partition coefficient (Wildman–Crippen LogP) is 3.69. The Morgan fingerprint density at radius 3 is 2.84 bits per heavy atom. The molecule has 2 aliphatic rings. The Bertz CT molecular complexity index is 1520. The van der Waals surface area contributed by atoms with Gasteiger partial charge in [-0.05, 0) is 30.2 Å². The zero-order valence-corrected chi connectivity index (χ0v) is 20.3. The molecule has 1 fully saturated rings. The Hall–Kier alpha value is -4.08. The van der Waals surface area contributed by atoms with E-state index < -0.39 is 35.1 Å². The molecule has 1 amide bonds. The van der Waals surface area contributed by atoms with Gasteiger partial charge >= 0.3 is 6.18 Å². The second-order valence-corrected chi connectivity index (χ2v) is 9.26. The number of ether oxygens (including phenoxy) is 2. The molecular weight excluding hydrogens is 527 g/mol. The number of para-hydroxylation sites is 1. The normalized spacial score (nSPS) is 18.8. The summed E-state index contributed by atoms with van der Waals surface area (Å²) in [4.78, 5) is 29.3. The van der Waals surface area contributed by atoms with E-state index in [0.29, 0.717) is 17.9 Å². The summed E-state index contributed by atoms with van der Waals surface area (Å²) in [6.45, 7) is 0.395. The lowest BCUT2D eigenvalue weighted by Crippen LogP contribution is -2.54. The molecular formula is C25H19ClF3N5O4. The number of fused-ring (bicyclic) bond motifs is 1. The molecule has 2 N–H and O–H groups in total. The van der Waals surface area contributed by atoms with Crippen LogP contribution in [-0.4, -0.2) is 28.1 Å². The fourth-order valence-electron chi connectivity index (χ4n) is 4.55. The zero-order chi connectivity index (χ0) is 27.0. The van der Waals surface area contributed by atoms with Crippen LogP contribution in [0.5, 0.6) is 17.2 Å². The van der Waals surface area contributed by atoms with Gasteiger partial charge in [-0.25, -0.2) is 10.4 Å². The molecule has 2 aliphatic heterocycles. The number of halogens is 4. The van der Waals surface area contributed by atoms with Crippen LogP contribution in [0.1, 0.15) is 34.7 Å². The van der Waals surface area contributed by atoms with E-state index in [4.69, 9.17) is 26.3 Å². The number of alkyl halides is 3. The van der Waals surface area contributed by atoms with Crippen molar-refractivity contribution in [3.8, 4) is 23.3 Å². The number of hydrogen-bond donors (Lipinski definition) is 2. The smallest absolute Gasteiger partial charge is 0.437 e. The molecule has 0 saturated carbocycles. The molecule has 2 aromatic carbocycles. The lowest BCUT2D eigenvalue weighted by molar-refractivity contribution is -0.142. The summed E-state index contributed by atoms with van der Waals surface area (Å²) in [6, 6.07) is 10.5. The highest BCUT2D eigenvalue weighted by atomic mass is 35.5. The maximum Gasteiger partial charge on any atom is 0.437 e. The first-order valence-corrected chi connectivity index (χ1v) is 11.9. The van der Waals surface area contributed by atoms with Crippen molar-refractivity contribution in [1.82, 2.24) is 20.4 Å². The van der Waals surface area contributed by atoms with Crippen LogP contribution < -0.4 is 25.9 Å². The van der Waals surface area contributed by atoms with Crippen LogP contribution in [0.25, 0.3) is 0 Å². The number of rotatable bonds is 5. The van der Waals surface area contributed by atoms with Crippen molar-refractivity contribution in [3.05, 3.63) is 80.5 Å². The highest BCUT2D eigenvalue weighted by molar-refractivity contribution is 6.30. The van der Waals surface area contributed by atoms with Crippen molar-refractivity contribution in [2.45, 2.75) is 37.5 Å². The summed E-state index contributed by atoms with van der Waals surface area (Å²) in [6.07, 6.45) is -3.22. The molecule has 0 radical (unpaired) electrons. The fraction of sp³-hybridized carbons (Fsp3) is 0.280. The molecule has 2 atom stereocenters. The van der Waals surface area contributed by atoms with E-state index in [1.807, 2.05) is 18.2 Å². The number of carbonyl (C=O) groups excluding carboxylic acids is 1. The molecule has 38 heavy (non-hydrogen) atoms. The van der Waals surface area contributed by atoms with Gasteiger partial charge < -0.3 is 9.47 Å². The first-order valence-electron chi connectivity index (χ1n) is 11.5. The minimum atomic E-state index is -4.99. The van der Waals surface area contributed by atoms with Crippen LogP contribution in [-0.2, 0) is 23.9 Å². The summed E-state index contributed by atoms with van der Waals surface area (Å²) in [5.41, 5.74) is 4.52. The number of nitrogens with one attached hydrogen (secondary N) is 2. The van der Waals surface area contributed by atoms with E-state index in [1.165, 1.54) is 12.1 Å². The van der Waals surface area contributed by atoms with Crippen molar-refractivity contribution >= 4 is 17.5 Å².